The van der Waals surface area contributed by atoms with E-state index < -0.39 is 46.0 Å². The van der Waals surface area contributed by atoms with Crippen LogP contribution in [0.5, 0.6) is 0 Å². The number of nitrogens with zero attached hydrogens (tertiary/aromatic N) is 3. The topological polar surface area (TPSA) is 98.0 Å². The zero-order chi connectivity index (χ0) is 24.5. The smallest absolute Gasteiger partial charge is 0.326 e. The molecule has 1 aromatic carbocycles. The lowest BCUT2D eigenvalue weighted by atomic mass is 9.99. The maximum Gasteiger partial charge on any atom is 0.326 e. The number of thiazole rings is 1. The summed E-state index contributed by atoms with van der Waals surface area (Å²) in [5.74, 6) is -3.64. The van der Waals surface area contributed by atoms with Crippen molar-refractivity contribution in [3.8, 4) is 0 Å². The van der Waals surface area contributed by atoms with Gasteiger partial charge in [0.1, 0.15) is 16.6 Å². The highest BCUT2D eigenvalue weighted by Gasteiger charge is 2.34. The molecule has 0 N–H and O–H groups in total. The number of hydrogen-bond acceptors (Lipinski definition) is 7. The summed E-state index contributed by atoms with van der Waals surface area (Å²) in [4.78, 5) is 29.3. The first-order chi connectivity index (χ1) is 16.2. The van der Waals surface area contributed by atoms with E-state index in [0.29, 0.717) is 25.5 Å². The largest absolute Gasteiger partial charge is 0.465 e. The number of carbonyl (C=O) groups is 2. The van der Waals surface area contributed by atoms with Crippen molar-refractivity contribution in [1.82, 2.24) is 8.87 Å². The molecule has 1 aliphatic rings. The summed E-state index contributed by atoms with van der Waals surface area (Å²) in [7, 11) is -3.72. The number of benzene rings is 1. The summed E-state index contributed by atoms with van der Waals surface area (Å²) in [6, 6.07) is 4.95. The van der Waals surface area contributed by atoms with E-state index in [1.54, 1.807) is 18.4 Å². The minimum Gasteiger partial charge on any atom is -0.465 e. The van der Waals surface area contributed by atoms with Crippen molar-refractivity contribution in [3.05, 3.63) is 46.1 Å². The molecule has 0 bridgehead atoms. The molecule has 2 aromatic heterocycles. The van der Waals surface area contributed by atoms with Gasteiger partial charge in [0.15, 0.2) is 10.6 Å². The highest BCUT2D eigenvalue weighted by atomic mass is 32.2. The van der Waals surface area contributed by atoms with Gasteiger partial charge in [-0.1, -0.05) is 17.4 Å². The third-order valence-corrected chi connectivity index (χ3v) is 9.58. The van der Waals surface area contributed by atoms with E-state index in [0.717, 1.165) is 28.7 Å². The summed E-state index contributed by atoms with van der Waals surface area (Å²) in [6.07, 6.45) is 0.913. The van der Waals surface area contributed by atoms with E-state index in [1.165, 1.54) is 14.9 Å². The van der Waals surface area contributed by atoms with Crippen LogP contribution in [0.1, 0.15) is 19.8 Å². The quantitative estimate of drug-likeness (QED) is 0.457. The Bertz CT molecular complexity index is 1400. The van der Waals surface area contributed by atoms with Gasteiger partial charge in [0.05, 0.1) is 22.7 Å². The van der Waals surface area contributed by atoms with Gasteiger partial charge in [0, 0.05) is 19.2 Å². The fourth-order valence-corrected chi connectivity index (χ4v) is 7.52. The van der Waals surface area contributed by atoms with Crippen LogP contribution in [0.25, 0.3) is 10.2 Å². The van der Waals surface area contributed by atoms with Crippen LogP contribution in [0.4, 0.5) is 8.78 Å². The minimum absolute atomic E-state index is 0.00999. The van der Waals surface area contributed by atoms with Crippen molar-refractivity contribution in [2.45, 2.75) is 30.5 Å². The molecule has 1 amide bonds. The number of aromatic nitrogens is 1. The lowest BCUT2D eigenvalue weighted by Gasteiger charge is -2.29. The molecule has 3 aromatic rings. The number of amides is 1. The van der Waals surface area contributed by atoms with Crippen molar-refractivity contribution >= 4 is 54.8 Å². The Balaban J connectivity index is 1.68. The van der Waals surface area contributed by atoms with Gasteiger partial charge < -0.3 is 9.30 Å². The van der Waals surface area contributed by atoms with Gasteiger partial charge in [-0.2, -0.15) is 9.30 Å². The van der Waals surface area contributed by atoms with Crippen LogP contribution in [0.15, 0.2) is 38.8 Å². The standard InChI is InChI=1S/C21H21F2N3O5S3/c1-2-31-17(27)12-26-19-15(23)9-14(22)10-16(19)33-21(26)24-20(28)13-5-3-7-25(11-13)34(29,30)18-6-4-8-32-18/h4,6,8-10,13H,2-3,5,7,11-12H2,1H3. The predicted octanol–water partition coefficient (Wildman–Crippen LogP) is 3.13. The first-order valence-corrected chi connectivity index (χ1v) is 13.6. The number of ether oxygens (including phenoxy) is 1. The predicted molar refractivity (Wildman–Crippen MR) is 123 cm³/mol. The van der Waals surface area contributed by atoms with Gasteiger partial charge in [-0.3, -0.25) is 9.59 Å². The number of thiophene rings is 1. The van der Waals surface area contributed by atoms with Crippen molar-refractivity contribution < 1.29 is 31.5 Å². The second-order valence-corrected chi connectivity index (χ2v) is 11.7. The van der Waals surface area contributed by atoms with Crippen molar-refractivity contribution in [1.29, 1.82) is 0 Å². The highest BCUT2D eigenvalue weighted by molar-refractivity contribution is 7.91. The second-order valence-electron chi connectivity index (χ2n) is 7.59. The lowest BCUT2D eigenvalue weighted by molar-refractivity contribution is -0.143. The van der Waals surface area contributed by atoms with E-state index >= 15 is 0 Å². The number of sulfonamides is 1. The molecule has 1 unspecified atom stereocenters. The Morgan fingerprint density at radius 2 is 2.09 bits per heavy atom. The number of halogens is 2. The normalized spacial score (nSPS) is 17.9. The third kappa shape index (κ3) is 4.97. The van der Waals surface area contributed by atoms with Crippen LogP contribution in [0.2, 0.25) is 0 Å². The zero-order valence-electron chi connectivity index (χ0n) is 18.1. The Kier molecular flexibility index (Phi) is 7.26. The summed E-state index contributed by atoms with van der Waals surface area (Å²) >= 11 is 1.97. The average molecular weight is 530 g/mol. The monoisotopic (exact) mass is 529 g/mol. The third-order valence-electron chi connectivity index (χ3n) is 5.32. The van der Waals surface area contributed by atoms with Crippen molar-refractivity contribution in [3.63, 3.8) is 0 Å². The maximum absolute atomic E-state index is 14.6. The molecule has 0 saturated carbocycles. The number of rotatable bonds is 6. The molecule has 0 spiro atoms. The molecular formula is C21H21F2N3O5S3. The molecule has 182 valence electrons. The molecule has 4 rings (SSSR count). The molecule has 8 nitrogen and oxygen atoms in total. The van der Waals surface area contributed by atoms with Crippen LogP contribution >= 0.6 is 22.7 Å². The number of hydrogen-bond donors (Lipinski definition) is 0. The highest BCUT2D eigenvalue weighted by Crippen LogP contribution is 2.27. The molecule has 34 heavy (non-hydrogen) atoms. The molecule has 0 aliphatic carbocycles. The summed E-state index contributed by atoms with van der Waals surface area (Å²) < 4.78 is 61.8. The van der Waals surface area contributed by atoms with E-state index in [4.69, 9.17) is 4.74 Å². The number of esters is 1. The van der Waals surface area contributed by atoms with E-state index in [9.17, 15) is 26.8 Å². The van der Waals surface area contributed by atoms with Gasteiger partial charge in [0.2, 0.25) is 0 Å². The van der Waals surface area contributed by atoms with E-state index in [2.05, 4.69) is 4.99 Å². The van der Waals surface area contributed by atoms with Crippen LogP contribution in [-0.2, 0) is 30.9 Å². The Labute approximate surface area is 202 Å². The zero-order valence-corrected chi connectivity index (χ0v) is 20.5. The van der Waals surface area contributed by atoms with Crippen LogP contribution in [0.3, 0.4) is 0 Å². The summed E-state index contributed by atoms with van der Waals surface area (Å²) in [5, 5.41) is 1.67. The Morgan fingerprint density at radius 3 is 2.79 bits per heavy atom. The maximum atomic E-state index is 14.6. The number of piperidine rings is 1. The fourth-order valence-electron chi connectivity index (χ4n) is 3.78. The van der Waals surface area contributed by atoms with Gasteiger partial charge in [0.25, 0.3) is 15.9 Å². The van der Waals surface area contributed by atoms with Gasteiger partial charge in [-0.25, -0.2) is 17.2 Å². The van der Waals surface area contributed by atoms with Crippen molar-refractivity contribution in [2.75, 3.05) is 19.7 Å². The van der Waals surface area contributed by atoms with E-state index in [1.807, 2.05) is 0 Å². The van der Waals surface area contributed by atoms with Crippen LogP contribution < -0.4 is 4.80 Å². The summed E-state index contributed by atoms with van der Waals surface area (Å²) in [6.45, 7) is 1.58. The molecule has 1 saturated heterocycles. The number of carbonyl (C=O) groups excluding carboxylic acids is 2. The first-order valence-electron chi connectivity index (χ1n) is 10.5. The molecule has 0 radical (unpaired) electrons. The lowest BCUT2D eigenvalue weighted by Crippen LogP contribution is -2.42. The molecule has 1 fully saturated rings. The number of fused-ring (bicyclic) bond motifs is 1. The minimum atomic E-state index is -3.72. The molecule has 1 atom stereocenters. The first kappa shape index (κ1) is 24.6. The van der Waals surface area contributed by atoms with Gasteiger partial charge in [-0.05, 0) is 37.3 Å². The Morgan fingerprint density at radius 1 is 1.29 bits per heavy atom. The van der Waals surface area contributed by atoms with Crippen molar-refractivity contribution in [2.24, 2.45) is 10.9 Å². The Hall–Kier alpha value is -2.48. The van der Waals surface area contributed by atoms with Gasteiger partial charge in [-0.15, -0.1) is 11.3 Å². The fraction of sp³-hybridized carbons (Fsp3) is 0.381. The SMILES string of the molecule is CCOC(=O)Cn1c(=NC(=O)C2CCCN(S(=O)(=O)c3cccs3)C2)sc2cc(F)cc(F)c21. The van der Waals surface area contributed by atoms with E-state index in [-0.39, 0.29) is 32.4 Å². The average Bonchev–Trinajstić information content (AvgIpc) is 3.43. The molecule has 3 heterocycles. The van der Waals surface area contributed by atoms with Crippen LogP contribution in [-0.4, -0.2) is 48.9 Å². The molecular weight excluding hydrogens is 508 g/mol. The van der Waals surface area contributed by atoms with Gasteiger partial charge >= 0.3 is 5.97 Å². The second kappa shape index (κ2) is 10.0. The van der Waals surface area contributed by atoms with Crippen LogP contribution in [0, 0.1) is 17.6 Å². The molecule has 1 aliphatic heterocycles. The summed E-state index contributed by atoms with van der Waals surface area (Å²) in [5.41, 5.74) is -0.0588. The molecule has 13 heteroatoms.